The Balaban J connectivity index is 0.00000288. The highest BCUT2D eigenvalue weighted by molar-refractivity contribution is 7.99. The van der Waals surface area contributed by atoms with Gasteiger partial charge in [-0.2, -0.15) is 11.8 Å². The Labute approximate surface area is 156 Å². The van der Waals surface area contributed by atoms with Gasteiger partial charge in [-0.05, 0) is 24.8 Å². The fraction of sp³-hybridized carbons (Fsp3) is 0.933. The van der Waals surface area contributed by atoms with Gasteiger partial charge in [-0.3, -0.25) is 4.79 Å². The Morgan fingerprint density at radius 3 is 2.38 bits per heavy atom. The van der Waals surface area contributed by atoms with Crippen molar-refractivity contribution in [1.82, 2.24) is 9.62 Å². The first kappa shape index (κ1) is 22.0. The fourth-order valence-electron chi connectivity index (χ4n) is 3.43. The van der Waals surface area contributed by atoms with Crippen LogP contribution in [0.1, 0.15) is 38.5 Å². The van der Waals surface area contributed by atoms with Crippen LogP contribution in [0.2, 0.25) is 0 Å². The molecule has 9 heteroatoms. The third-order valence-corrected chi connectivity index (χ3v) is 7.74. The van der Waals surface area contributed by atoms with Crippen molar-refractivity contribution < 1.29 is 13.2 Å². The Bertz CT molecular complexity index is 490. The van der Waals surface area contributed by atoms with Crippen molar-refractivity contribution in [3.8, 4) is 0 Å². The molecule has 1 aliphatic carbocycles. The summed E-state index contributed by atoms with van der Waals surface area (Å²) < 4.78 is 26.0. The van der Waals surface area contributed by atoms with Crippen LogP contribution in [0.15, 0.2) is 0 Å². The molecule has 0 atom stereocenters. The molecule has 0 aromatic rings. The van der Waals surface area contributed by atoms with Gasteiger partial charge in [0, 0.05) is 37.6 Å². The average Bonchev–Trinajstić information content (AvgIpc) is 2.56. The zero-order valence-corrected chi connectivity index (χ0v) is 16.6. The van der Waals surface area contributed by atoms with Gasteiger partial charge < -0.3 is 11.1 Å². The van der Waals surface area contributed by atoms with Crippen LogP contribution in [0.5, 0.6) is 0 Å². The highest BCUT2D eigenvalue weighted by atomic mass is 35.5. The Kier molecular flexibility index (Phi) is 9.37. The number of rotatable bonds is 7. The van der Waals surface area contributed by atoms with E-state index in [1.807, 2.05) is 0 Å². The van der Waals surface area contributed by atoms with E-state index in [2.05, 4.69) is 5.32 Å². The molecule has 0 aromatic heterocycles. The van der Waals surface area contributed by atoms with E-state index in [4.69, 9.17) is 5.73 Å². The Hall–Kier alpha value is -0.0200. The highest BCUT2D eigenvalue weighted by Gasteiger charge is 2.33. The number of nitrogens with zero attached hydrogens (tertiary/aromatic N) is 1. The SMILES string of the molecule is Cl.NCC1(CC(=O)NCCS(=O)(=O)N2CCSCC2)CCCCC1. The Morgan fingerprint density at radius 1 is 1.17 bits per heavy atom. The van der Waals surface area contributed by atoms with Gasteiger partial charge in [-0.15, -0.1) is 12.4 Å². The van der Waals surface area contributed by atoms with Crippen LogP contribution in [0.4, 0.5) is 0 Å². The van der Waals surface area contributed by atoms with Crippen LogP contribution >= 0.6 is 24.2 Å². The zero-order chi connectivity index (χ0) is 16.8. The molecular weight excluding hydrogens is 370 g/mol. The molecule has 1 saturated carbocycles. The first-order valence-corrected chi connectivity index (χ1v) is 11.3. The normalized spacial score (nSPS) is 21.7. The molecule has 0 radical (unpaired) electrons. The van der Waals surface area contributed by atoms with Crippen molar-refractivity contribution in [3.05, 3.63) is 0 Å². The van der Waals surface area contributed by atoms with E-state index >= 15 is 0 Å². The summed E-state index contributed by atoms with van der Waals surface area (Å²) in [6, 6.07) is 0. The summed E-state index contributed by atoms with van der Waals surface area (Å²) in [7, 11) is -3.25. The molecule has 0 aromatic carbocycles. The molecule has 2 fully saturated rings. The van der Waals surface area contributed by atoms with Crippen molar-refractivity contribution in [1.29, 1.82) is 0 Å². The Morgan fingerprint density at radius 2 is 1.79 bits per heavy atom. The number of amides is 1. The predicted octanol–water partition coefficient (Wildman–Crippen LogP) is 1.20. The molecular formula is C15H30ClN3O3S2. The third-order valence-electron chi connectivity index (χ3n) is 4.93. The molecule has 0 bridgehead atoms. The molecule has 24 heavy (non-hydrogen) atoms. The first-order valence-electron chi connectivity index (χ1n) is 8.50. The summed E-state index contributed by atoms with van der Waals surface area (Å²) in [4.78, 5) is 12.2. The number of halogens is 1. The molecule has 1 aliphatic heterocycles. The minimum absolute atomic E-state index is 0. The quantitative estimate of drug-likeness (QED) is 0.671. The highest BCUT2D eigenvalue weighted by Crippen LogP contribution is 2.38. The second-order valence-corrected chi connectivity index (χ2v) is 9.93. The number of carbonyl (C=O) groups is 1. The first-order chi connectivity index (χ1) is 11.0. The largest absolute Gasteiger partial charge is 0.355 e. The van der Waals surface area contributed by atoms with Crippen LogP contribution in [-0.4, -0.2) is 62.1 Å². The van der Waals surface area contributed by atoms with Gasteiger partial charge >= 0.3 is 0 Å². The average molecular weight is 400 g/mol. The second-order valence-electron chi connectivity index (χ2n) is 6.62. The molecule has 1 amide bonds. The molecule has 0 spiro atoms. The van der Waals surface area contributed by atoms with E-state index in [0.29, 0.717) is 26.1 Å². The van der Waals surface area contributed by atoms with E-state index in [1.54, 1.807) is 11.8 Å². The number of nitrogens with two attached hydrogens (primary N) is 1. The lowest BCUT2D eigenvalue weighted by atomic mass is 9.72. The molecule has 0 unspecified atom stereocenters. The number of thioether (sulfide) groups is 1. The number of carbonyl (C=O) groups excluding carboxylic acids is 1. The molecule has 3 N–H and O–H groups in total. The van der Waals surface area contributed by atoms with E-state index in [0.717, 1.165) is 37.2 Å². The smallest absolute Gasteiger partial charge is 0.220 e. The van der Waals surface area contributed by atoms with Gasteiger partial charge in [0.15, 0.2) is 0 Å². The monoisotopic (exact) mass is 399 g/mol. The van der Waals surface area contributed by atoms with E-state index in [-0.39, 0.29) is 36.0 Å². The van der Waals surface area contributed by atoms with Crippen molar-refractivity contribution in [2.75, 3.05) is 43.4 Å². The number of nitrogens with one attached hydrogen (secondary N) is 1. The van der Waals surface area contributed by atoms with Crippen molar-refractivity contribution in [2.24, 2.45) is 11.1 Å². The standard InChI is InChI=1S/C15H29N3O3S2.ClH/c16-13-15(4-2-1-3-5-15)12-14(19)17-6-11-23(20,21)18-7-9-22-10-8-18;/h1-13,16H2,(H,17,19);1H. The number of hydrogen-bond acceptors (Lipinski definition) is 5. The number of hydrogen-bond donors (Lipinski definition) is 2. The molecule has 142 valence electrons. The van der Waals surface area contributed by atoms with Gasteiger partial charge in [0.05, 0.1) is 5.75 Å². The maximum absolute atomic E-state index is 12.2. The van der Waals surface area contributed by atoms with E-state index in [1.165, 1.54) is 10.7 Å². The van der Waals surface area contributed by atoms with Crippen molar-refractivity contribution in [2.45, 2.75) is 38.5 Å². The lowest BCUT2D eigenvalue weighted by molar-refractivity contribution is -0.123. The summed E-state index contributed by atoms with van der Waals surface area (Å²) >= 11 is 1.78. The topological polar surface area (TPSA) is 92.5 Å². The summed E-state index contributed by atoms with van der Waals surface area (Å²) in [5.41, 5.74) is 5.82. The van der Waals surface area contributed by atoms with Crippen LogP contribution in [-0.2, 0) is 14.8 Å². The van der Waals surface area contributed by atoms with Gasteiger partial charge in [0.1, 0.15) is 0 Å². The second kappa shape index (κ2) is 10.2. The summed E-state index contributed by atoms with van der Waals surface area (Å²) in [6.07, 6.45) is 5.90. The number of sulfonamides is 1. The molecule has 2 rings (SSSR count). The minimum Gasteiger partial charge on any atom is -0.355 e. The zero-order valence-electron chi connectivity index (χ0n) is 14.2. The van der Waals surface area contributed by atoms with Crippen LogP contribution in [0.25, 0.3) is 0 Å². The third kappa shape index (κ3) is 6.37. The molecule has 1 heterocycles. The molecule has 6 nitrogen and oxygen atoms in total. The summed E-state index contributed by atoms with van der Waals surface area (Å²) in [6.45, 7) is 1.88. The maximum atomic E-state index is 12.2. The van der Waals surface area contributed by atoms with Crippen LogP contribution in [0, 0.1) is 5.41 Å². The fourth-order valence-corrected chi connectivity index (χ4v) is 5.92. The maximum Gasteiger partial charge on any atom is 0.220 e. The molecule has 2 aliphatic rings. The van der Waals surface area contributed by atoms with Crippen molar-refractivity contribution in [3.63, 3.8) is 0 Å². The van der Waals surface area contributed by atoms with Crippen LogP contribution < -0.4 is 11.1 Å². The predicted molar refractivity (Wildman–Crippen MR) is 102 cm³/mol. The lowest BCUT2D eigenvalue weighted by Gasteiger charge is -2.35. The van der Waals surface area contributed by atoms with Gasteiger partial charge in [0.25, 0.3) is 0 Å². The van der Waals surface area contributed by atoms with E-state index in [9.17, 15) is 13.2 Å². The van der Waals surface area contributed by atoms with Crippen LogP contribution in [0.3, 0.4) is 0 Å². The van der Waals surface area contributed by atoms with Gasteiger partial charge in [0.2, 0.25) is 15.9 Å². The lowest BCUT2D eigenvalue weighted by Crippen LogP contribution is -2.43. The minimum atomic E-state index is -3.25. The van der Waals surface area contributed by atoms with Gasteiger partial charge in [-0.1, -0.05) is 19.3 Å². The summed E-state index contributed by atoms with van der Waals surface area (Å²) in [5.74, 6) is 1.62. The summed E-state index contributed by atoms with van der Waals surface area (Å²) in [5, 5.41) is 2.78. The molecule has 1 saturated heterocycles. The van der Waals surface area contributed by atoms with Crippen molar-refractivity contribution >= 4 is 40.1 Å². The van der Waals surface area contributed by atoms with E-state index < -0.39 is 10.0 Å². The van der Waals surface area contributed by atoms with Gasteiger partial charge in [-0.25, -0.2) is 12.7 Å².